The van der Waals surface area contributed by atoms with Crippen LogP contribution in [0.15, 0.2) is 0 Å². The Balaban J connectivity index is 0. The van der Waals surface area contributed by atoms with E-state index in [4.69, 9.17) is 17.5 Å². The second kappa shape index (κ2) is 6.56. The van der Waals surface area contributed by atoms with Crippen LogP contribution in [0.4, 0.5) is 0 Å². The maximum Gasteiger partial charge on any atom is 0.394 e. The van der Waals surface area contributed by atoms with Crippen LogP contribution in [0.25, 0.3) is 0 Å². The summed E-state index contributed by atoms with van der Waals surface area (Å²) in [6.45, 7) is 0. The molecule has 0 aromatic rings. The molecule has 0 aliphatic heterocycles. The van der Waals surface area contributed by atoms with Gasteiger partial charge in [-0.3, -0.25) is 9.11 Å². The van der Waals surface area contributed by atoms with Gasteiger partial charge in [-0.05, 0) is 0 Å². The summed E-state index contributed by atoms with van der Waals surface area (Å²) in [7, 11) is -4.67. The van der Waals surface area contributed by atoms with Gasteiger partial charge < -0.3 is 0 Å². The summed E-state index contributed by atoms with van der Waals surface area (Å²) in [4.78, 5) is 0. The van der Waals surface area contributed by atoms with E-state index in [2.05, 4.69) is 20.4 Å². The van der Waals surface area contributed by atoms with Gasteiger partial charge >= 0.3 is 21.8 Å². The second-order valence-electron chi connectivity index (χ2n) is 0.844. The summed E-state index contributed by atoms with van der Waals surface area (Å²) in [6, 6.07) is 0. The standard InChI is InChI=1S/H4N2O3S.H2O4S/c1-4-6(3)5-2;1-5(2,3)4/h1-2H2;(H2,1,2,3,4). The Hall–Kier alpha value is -0.140. The highest BCUT2D eigenvalue weighted by molar-refractivity contribution is 7.79. The lowest BCUT2D eigenvalue weighted by molar-refractivity contribution is 0.260. The molecule has 0 bridgehead atoms. The molecular weight excluding hydrogens is 204 g/mol. The number of hydrogen-bond donors (Lipinski definition) is 4. The van der Waals surface area contributed by atoms with E-state index < -0.39 is 21.8 Å². The fraction of sp³-hybridized carbons (Fsp3) is 0. The van der Waals surface area contributed by atoms with Crippen LogP contribution in [0, 0.1) is 0 Å². The van der Waals surface area contributed by atoms with Crippen molar-refractivity contribution in [1.29, 1.82) is 0 Å². The molecule has 0 radical (unpaired) electrons. The minimum absolute atomic E-state index is 1.98. The summed E-state index contributed by atoms with van der Waals surface area (Å²) in [5.74, 6) is 8.55. The van der Waals surface area contributed by atoms with E-state index >= 15 is 0 Å². The van der Waals surface area contributed by atoms with Gasteiger partial charge in [0.15, 0.2) is 0 Å². The number of rotatable bonds is 2. The number of hydrogen-bond acceptors (Lipinski definition) is 7. The fourth-order valence-electron chi connectivity index (χ4n) is 0.0227. The van der Waals surface area contributed by atoms with Crippen LogP contribution in [-0.2, 0) is 30.3 Å². The van der Waals surface area contributed by atoms with E-state index in [1.165, 1.54) is 0 Å². The molecule has 0 fully saturated rings. The molecule has 11 heavy (non-hydrogen) atoms. The van der Waals surface area contributed by atoms with Crippen molar-refractivity contribution in [2.75, 3.05) is 0 Å². The smallest absolute Gasteiger partial charge is 0.264 e. The van der Waals surface area contributed by atoms with Crippen LogP contribution in [0.1, 0.15) is 0 Å². The molecule has 0 aliphatic rings. The molecule has 9 nitrogen and oxygen atoms in total. The van der Waals surface area contributed by atoms with Crippen LogP contribution >= 0.6 is 0 Å². The maximum absolute atomic E-state index is 9.60. The molecular formula is H6N2O7S2. The Labute approximate surface area is 64.6 Å². The van der Waals surface area contributed by atoms with Gasteiger partial charge in [-0.1, -0.05) is 0 Å². The summed E-state index contributed by atoms with van der Waals surface area (Å²) in [6.07, 6.45) is 0. The van der Waals surface area contributed by atoms with Crippen molar-refractivity contribution in [2.24, 2.45) is 11.8 Å². The first-order valence-electron chi connectivity index (χ1n) is 1.67. The van der Waals surface area contributed by atoms with Crippen molar-refractivity contribution in [3.63, 3.8) is 0 Å². The van der Waals surface area contributed by atoms with Crippen molar-refractivity contribution in [2.45, 2.75) is 0 Å². The zero-order valence-corrected chi connectivity index (χ0v) is 6.54. The van der Waals surface area contributed by atoms with E-state index in [1.54, 1.807) is 0 Å². The maximum atomic E-state index is 9.60. The monoisotopic (exact) mass is 210 g/mol. The Morgan fingerprint density at radius 1 is 1.18 bits per heavy atom. The highest BCUT2D eigenvalue weighted by Gasteiger charge is 1.87. The molecule has 6 N–H and O–H groups in total. The Morgan fingerprint density at radius 3 is 1.36 bits per heavy atom. The van der Waals surface area contributed by atoms with Gasteiger partial charge in [-0.25, -0.2) is 0 Å². The molecule has 0 unspecified atom stereocenters. The summed E-state index contributed by atoms with van der Waals surface area (Å²) < 4.78 is 48.2. The zero-order valence-electron chi connectivity index (χ0n) is 4.91. The van der Waals surface area contributed by atoms with Crippen LogP contribution in [0.2, 0.25) is 0 Å². The first-order chi connectivity index (χ1) is 4.81. The third-order valence-corrected chi connectivity index (χ3v) is 0.471. The van der Waals surface area contributed by atoms with Gasteiger partial charge in [0.05, 0.1) is 0 Å². The minimum atomic E-state index is -4.67. The van der Waals surface area contributed by atoms with Crippen LogP contribution in [0.5, 0.6) is 0 Å². The molecule has 0 saturated heterocycles. The summed E-state index contributed by atoms with van der Waals surface area (Å²) in [5.41, 5.74) is 0. The van der Waals surface area contributed by atoms with Gasteiger partial charge in [-0.15, -0.1) is 0 Å². The molecule has 70 valence electrons. The van der Waals surface area contributed by atoms with Gasteiger partial charge in [0.2, 0.25) is 0 Å². The molecule has 0 heterocycles. The average Bonchev–Trinajstić information content (AvgIpc) is 1.83. The normalized spacial score (nSPS) is 10.6. The molecule has 0 aliphatic carbocycles. The molecule has 0 amide bonds. The van der Waals surface area contributed by atoms with E-state index in [1.807, 2.05) is 0 Å². The molecule has 0 spiro atoms. The van der Waals surface area contributed by atoms with Crippen molar-refractivity contribution in [1.82, 2.24) is 0 Å². The van der Waals surface area contributed by atoms with E-state index in [-0.39, 0.29) is 0 Å². The van der Waals surface area contributed by atoms with Crippen molar-refractivity contribution < 1.29 is 30.3 Å². The molecule has 0 aromatic carbocycles. The largest absolute Gasteiger partial charge is 0.394 e. The topological polar surface area (TPSA) is 162 Å². The lowest BCUT2D eigenvalue weighted by atomic mass is 13.6. The van der Waals surface area contributed by atoms with Crippen LogP contribution in [-0.4, -0.2) is 21.7 Å². The third-order valence-electron chi connectivity index (χ3n) is 0.157. The molecule has 0 aromatic heterocycles. The molecule has 0 atom stereocenters. The van der Waals surface area contributed by atoms with Crippen LogP contribution < -0.4 is 11.8 Å². The average molecular weight is 210 g/mol. The Bertz CT molecular complexity index is 178. The first-order valence-corrected chi connectivity index (χ1v) is 4.07. The highest BCUT2D eigenvalue weighted by Crippen LogP contribution is 1.69. The predicted molar refractivity (Wildman–Crippen MR) is 32.9 cm³/mol. The lowest BCUT2D eigenvalue weighted by Crippen LogP contribution is -2.10. The molecule has 11 heteroatoms. The third kappa shape index (κ3) is 40.9. The van der Waals surface area contributed by atoms with Gasteiger partial charge in [0.25, 0.3) is 0 Å². The molecule has 0 rings (SSSR count). The Morgan fingerprint density at radius 2 is 1.36 bits per heavy atom. The van der Waals surface area contributed by atoms with Gasteiger partial charge in [0, 0.05) is 0 Å². The van der Waals surface area contributed by atoms with E-state index in [0.29, 0.717) is 0 Å². The lowest BCUT2D eigenvalue weighted by Gasteiger charge is -1.85. The fourth-order valence-corrected chi connectivity index (χ4v) is 0.0680. The van der Waals surface area contributed by atoms with Crippen molar-refractivity contribution >= 4 is 21.8 Å². The van der Waals surface area contributed by atoms with Crippen molar-refractivity contribution in [3.8, 4) is 0 Å². The quantitative estimate of drug-likeness (QED) is 0.289. The minimum Gasteiger partial charge on any atom is -0.264 e. The first kappa shape index (κ1) is 13.4. The summed E-state index contributed by atoms with van der Waals surface area (Å²) >= 11 is -1.98. The van der Waals surface area contributed by atoms with Crippen molar-refractivity contribution in [3.05, 3.63) is 0 Å². The van der Waals surface area contributed by atoms with Crippen LogP contribution in [0.3, 0.4) is 0 Å². The summed E-state index contributed by atoms with van der Waals surface area (Å²) in [5, 5.41) is 0. The predicted octanol–water partition coefficient (Wildman–Crippen LogP) is -2.31. The number of nitrogens with two attached hydrogens (primary N) is 2. The highest BCUT2D eigenvalue weighted by atomic mass is 32.3. The molecule has 0 saturated carbocycles. The van der Waals surface area contributed by atoms with Gasteiger partial charge in [-0.2, -0.15) is 33.0 Å². The zero-order chi connectivity index (χ0) is 9.49. The van der Waals surface area contributed by atoms with Gasteiger partial charge in [0.1, 0.15) is 0 Å². The van der Waals surface area contributed by atoms with E-state index in [9.17, 15) is 4.21 Å². The van der Waals surface area contributed by atoms with E-state index in [0.717, 1.165) is 0 Å². The SMILES string of the molecule is NOS(=O)ON.O=S(=O)(O)O. The Kier molecular flexibility index (Phi) is 8.02. The second-order valence-corrected chi connectivity index (χ2v) is 2.53.